The van der Waals surface area contributed by atoms with Crippen LogP contribution >= 0.6 is 11.3 Å². The van der Waals surface area contributed by atoms with Gasteiger partial charge >= 0.3 is 0 Å². The lowest BCUT2D eigenvalue weighted by atomic mass is 10.2. The molecular weight excluding hydrogens is 260 g/mol. The molecule has 19 heavy (non-hydrogen) atoms. The van der Waals surface area contributed by atoms with Gasteiger partial charge in [0.15, 0.2) is 11.5 Å². The summed E-state index contributed by atoms with van der Waals surface area (Å²) in [6, 6.07) is 5.99. The van der Waals surface area contributed by atoms with E-state index in [9.17, 15) is 0 Å². The molecule has 0 saturated carbocycles. The number of aromatic nitrogens is 1. The van der Waals surface area contributed by atoms with E-state index in [1.54, 1.807) is 24.6 Å². The molecule has 1 N–H and O–H groups in total. The van der Waals surface area contributed by atoms with Crippen LogP contribution in [0.3, 0.4) is 0 Å². The van der Waals surface area contributed by atoms with Crippen molar-refractivity contribution >= 4 is 11.3 Å². The normalized spacial score (nSPS) is 10.4. The SMILES string of the molecule is CCNCc1ccc(OCc2nccs2)c(OC)c1. The van der Waals surface area contributed by atoms with E-state index in [1.165, 1.54) is 5.56 Å². The first-order chi connectivity index (χ1) is 9.33. The highest BCUT2D eigenvalue weighted by Crippen LogP contribution is 2.29. The minimum absolute atomic E-state index is 0.473. The van der Waals surface area contributed by atoms with E-state index in [2.05, 4.69) is 17.2 Å². The maximum Gasteiger partial charge on any atom is 0.161 e. The molecular formula is C14H18N2O2S. The van der Waals surface area contributed by atoms with Gasteiger partial charge in [0, 0.05) is 18.1 Å². The first-order valence-corrected chi connectivity index (χ1v) is 7.10. The summed E-state index contributed by atoms with van der Waals surface area (Å²) in [5.41, 5.74) is 1.18. The van der Waals surface area contributed by atoms with Gasteiger partial charge in [0.05, 0.1) is 7.11 Å². The molecule has 102 valence electrons. The average molecular weight is 278 g/mol. The van der Waals surface area contributed by atoms with Gasteiger partial charge < -0.3 is 14.8 Å². The summed E-state index contributed by atoms with van der Waals surface area (Å²) in [5, 5.41) is 6.18. The second kappa shape index (κ2) is 7.11. The van der Waals surface area contributed by atoms with Crippen molar-refractivity contribution in [3.8, 4) is 11.5 Å². The molecule has 4 nitrogen and oxygen atoms in total. The van der Waals surface area contributed by atoms with Gasteiger partial charge in [0.1, 0.15) is 11.6 Å². The van der Waals surface area contributed by atoms with Crippen molar-refractivity contribution in [1.82, 2.24) is 10.3 Å². The zero-order valence-electron chi connectivity index (χ0n) is 11.2. The second-order valence-corrected chi connectivity index (χ2v) is 4.96. The predicted octanol–water partition coefficient (Wildman–Crippen LogP) is 2.84. The van der Waals surface area contributed by atoms with E-state index in [-0.39, 0.29) is 0 Å². The molecule has 0 atom stereocenters. The Morgan fingerprint density at radius 1 is 1.32 bits per heavy atom. The fraction of sp³-hybridized carbons (Fsp3) is 0.357. The van der Waals surface area contributed by atoms with E-state index in [1.807, 2.05) is 23.6 Å². The van der Waals surface area contributed by atoms with Gasteiger partial charge in [-0.2, -0.15) is 0 Å². The van der Waals surface area contributed by atoms with Gasteiger partial charge in [0.25, 0.3) is 0 Å². The van der Waals surface area contributed by atoms with E-state index in [0.717, 1.165) is 29.6 Å². The fourth-order valence-corrected chi connectivity index (χ4v) is 2.20. The van der Waals surface area contributed by atoms with E-state index in [4.69, 9.17) is 9.47 Å². The van der Waals surface area contributed by atoms with E-state index < -0.39 is 0 Å². The Morgan fingerprint density at radius 3 is 2.89 bits per heavy atom. The third-order valence-corrected chi connectivity index (χ3v) is 3.39. The molecule has 0 aliphatic rings. The highest BCUT2D eigenvalue weighted by atomic mass is 32.1. The van der Waals surface area contributed by atoms with Crippen molar-refractivity contribution in [1.29, 1.82) is 0 Å². The molecule has 0 amide bonds. The van der Waals surface area contributed by atoms with Crippen molar-refractivity contribution in [2.75, 3.05) is 13.7 Å². The third-order valence-electron chi connectivity index (χ3n) is 2.64. The number of thiazole rings is 1. The number of methoxy groups -OCH3 is 1. The van der Waals surface area contributed by atoms with Gasteiger partial charge in [-0.1, -0.05) is 13.0 Å². The van der Waals surface area contributed by atoms with Crippen molar-refractivity contribution < 1.29 is 9.47 Å². The molecule has 0 saturated heterocycles. The zero-order chi connectivity index (χ0) is 13.5. The number of nitrogens with one attached hydrogen (secondary N) is 1. The van der Waals surface area contributed by atoms with Gasteiger partial charge in [-0.15, -0.1) is 11.3 Å². The van der Waals surface area contributed by atoms with Crippen molar-refractivity contribution in [2.45, 2.75) is 20.1 Å². The highest BCUT2D eigenvalue weighted by Gasteiger charge is 2.06. The van der Waals surface area contributed by atoms with Crippen LogP contribution in [0.15, 0.2) is 29.8 Å². The summed E-state index contributed by atoms with van der Waals surface area (Å²) >= 11 is 1.58. The summed E-state index contributed by atoms with van der Waals surface area (Å²) in [6.45, 7) is 4.34. The number of benzene rings is 1. The Kier molecular flexibility index (Phi) is 5.18. The molecule has 2 rings (SSSR count). The Morgan fingerprint density at radius 2 is 2.21 bits per heavy atom. The molecule has 0 unspecified atom stereocenters. The van der Waals surface area contributed by atoms with Crippen LogP contribution in [-0.4, -0.2) is 18.6 Å². The lowest BCUT2D eigenvalue weighted by Crippen LogP contribution is -2.11. The van der Waals surface area contributed by atoms with Crippen LogP contribution in [0.1, 0.15) is 17.5 Å². The number of ether oxygens (including phenoxy) is 2. The topological polar surface area (TPSA) is 43.4 Å². The molecule has 0 radical (unpaired) electrons. The first kappa shape index (κ1) is 13.8. The standard InChI is InChI=1S/C14H18N2O2S/c1-3-15-9-11-4-5-12(13(8-11)17-2)18-10-14-16-6-7-19-14/h4-8,15H,3,9-10H2,1-2H3. The number of nitrogens with zero attached hydrogens (tertiary/aromatic N) is 1. The summed E-state index contributed by atoms with van der Waals surface area (Å²) < 4.78 is 11.1. The Labute approximate surface area is 117 Å². The van der Waals surface area contributed by atoms with Gasteiger partial charge in [-0.3, -0.25) is 0 Å². The Balaban J connectivity index is 2.03. The van der Waals surface area contributed by atoms with E-state index >= 15 is 0 Å². The van der Waals surface area contributed by atoms with Crippen LogP contribution in [0, 0.1) is 0 Å². The monoisotopic (exact) mass is 278 g/mol. The van der Waals surface area contributed by atoms with Crippen LogP contribution in [0.2, 0.25) is 0 Å². The fourth-order valence-electron chi connectivity index (χ4n) is 1.67. The predicted molar refractivity (Wildman–Crippen MR) is 76.8 cm³/mol. The molecule has 0 aliphatic carbocycles. The highest BCUT2D eigenvalue weighted by molar-refractivity contribution is 7.09. The maximum atomic E-state index is 5.73. The summed E-state index contributed by atoms with van der Waals surface area (Å²) in [4.78, 5) is 4.19. The van der Waals surface area contributed by atoms with Crippen LogP contribution in [0.25, 0.3) is 0 Å². The van der Waals surface area contributed by atoms with Gasteiger partial charge in [-0.25, -0.2) is 4.98 Å². The number of hydrogen-bond acceptors (Lipinski definition) is 5. The molecule has 5 heteroatoms. The molecule has 0 spiro atoms. The van der Waals surface area contributed by atoms with Gasteiger partial charge in [-0.05, 0) is 24.2 Å². The smallest absolute Gasteiger partial charge is 0.161 e. The molecule has 1 aromatic carbocycles. The molecule has 1 aromatic heterocycles. The lowest BCUT2D eigenvalue weighted by Gasteiger charge is -2.11. The van der Waals surface area contributed by atoms with Crippen LogP contribution in [0.5, 0.6) is 11.5 Å². The zero-order valence-corrected chi connectivity index (χ0v) is 12.0. The second-order valence-electron chi connectivity index (χ2n) is 3.98. The summed E-state index contributed by atoms with van der Waals surface area (Å²) in [7, 11) is 1.66. The minimum Gasteiger partial charge on any atom is -0.493 e. The largest absolute Gasteiger partial charge is 0.493 e. The summed E-state index contributed by atoms with van der Waals surface area (Å²) in [5.74, 6) is 1.50. The third kappa shape index (κ3) is 3.94. The van der Waals surface area contributed by atoms with Crippen LogP contribution < -0.4 is 14.8 Å². The van der Waals surface area contributed by atoms with Crippen LogP contribution in [0.4, 0.5) is 0 Å². The van der Waals surface area contributed by atoms with Crippen molar-refractivity contribution in [3.05, 3.63) is 40.3 Å². The van der Waals surface area contributed by atoms with Crippen LogP contribution in [-0.2, 0) is 13.2 Å². The number of hydrogen-bond donors (Lipinski definition) is 1. The average Bonchev–Trinajstić information content (AvgIpc) is 2.96. The van der Waals surface area contributed by atoms with Crippen molar-refractivity contribution in [2.24, 2.45) is 0 Å². The molecule has 2 aromatic rings. The van der Waals surface area contributed by atoms with E-state index in [0.29, 0.717) is 6.61 Å². The molecule has 0 fully saturated rings. The van der Waals surface area contributed by atoms with Crippen molar-refractivity contribution in [3.63, 3.8) is 0 Å². The Bertz CT molecular complexity index is 500. The first-order valence-electron chi connectivity index (χ1n) is 6.22. The Hall–Kier alpha value is -1.59. The molecule has 0 aliphatic heterocycles. The van der Waals surface area contributed by atoms with Gasteiger partial charge in [0.2, 0.25) is 0 Å². The minimum atomic E-state index is 0.473. The number of rotatable bonds is 7. The quantitative estimate of drug-likeness (QED) is 0.846. The lowest BCUT2D eigenvalue weighted by molar-refractivity contribution is 0.284. The maximum absolute atomic E-state index is 5.73. The molecule has 1 heterocycles. The molecule has 0 bridgehead atoms. The summed E-state index contributed by atoms with van der Waals surface area (Å²) in [6.07, 6.45) is 1.78.